The number of anilines is 6. The zero-order chi connectivity index (χ0) is 46.1. The molecule has 0 bridgehead atoms. The molecule has 0 fully saturated rings. The number of benzene rings is 5. The number of sulfone groups is 1. The number of halogens is 1. The minimum absolute atomic E-state index is 0. The summed E-state index contributed by atoms with van der Waals surface area (Å²) in [5.74, 6) is -2.43. The molecule has 6 aromatic rings. The van der Waals surface area contributed by atoms with Crippen LogP contribution in [0, 0.1) is 0 Å². The van der Waals surface area contributed by atoms with Crippen LogP contribution < -0.4 is 134 Å². The third-order valence-electron chi connectivity index (χ3n) is 8.11. The molecule has 0 amide bonds. The molecular weight excluding hydrogens is 1050 g/mol. The molecule has 0 aliphatic carbocycles. The van der Waals surface area contributed by atoms with Gasteiger partial charge in [0.1, 0.15) is 41.7 Å². The normalized spacial score (nSPS) is 12.0. The second kappa shape index (κ2) is 24.4. The molecule has 0 aliphatic heterocycles. The Balaban J connectivity index is 0.00000385. The number of nitrogens with one attached hydrogen (secondary N) is 3. The van der Waals surface area contributed by atoms with Crippen molar-refractivity contribution in [3.05, 3.63) is 96.3 Å². The van der Waals surface area contributed by atoms with Gasteiger partial charge in [0.25, 0.3) is 0 Å². The van der Waals surface area contributed by atoms with Gasteiger partial charge in [0.15, 0.2) is 15.6 Å². The van der Waals surface area contributed by atoms with E-state index in [0.29, 0.717) is 0 Å². The molecule has 0 aliphatic rings. The molecule has 4 N–H and O–H groups in total. The number of nitrogens with zero attached hydrogens (tertiary/aromatic N) is 5. The van der Waals surface area contributed by atoms with Crippen LogP contribution in [0.5, 0.6) is 5.75 Å². The first-order chi connectivity index (χ1) is 29.2. The van der Waals surface area contributed by atoms with Gasteiger partial charge in [0, 0.05) is 28.1 Å². The number of rotatable bonds is 16. The molecule has 34 heteroatoms. The summed E-state index contributed by atoms with van der Waals surface area (Å²) in [6, 6.07) is 17.3. The number of aromatic hydroxyl groups is 1. The van der Waals surface area contributed by atoms with E-state index in [2.05, 4.69) is 45.3 Å². The van der Waals surface area contributed by atoms with Gasteiger partial charge in [-0.25, -0.2) is 42.1 Å². The van der Waals surface area contributed by atoms with Gasteiger partial charge < -0.3 is 39.3 Å². The fraction of sp³-hybridized carbons (Fsp3) is 0.0606. The molecule has 0 saturated carbocycles. The molecule has 0 spiro atoms. The van der Waals surface area contributed by atoms with Crippen LogP contribution in [-0.4, -0.2) is 92.7 Å². The minimum atomic E-state index is -5.43. The molecule has 332 valence electrons. The predicted molar refractivity (Wildman–Crippen MR) is 215 cm³/mol. The fourth-order valence-electron chi connectivity index (χ4n) is 5.44. The molecule has 24 nitrogen and oxygen atoms in total. The average Bonchev–Trinajstić information content (AvgIpc) is 3.16. The Kier molecular flexibility index (Phi) is 22.3. The Morgan fingerprint density at radius 1 is 0.582 bits per heavy atom. The van der Waals surface area contributed by atoms with Crippen molar-refractivity contribution < 1.29 is 188 Å². The maximum absolute atomic E-state index is 12.7. The summed E-state index contributed by atoms with van der Waals surface area (Å²) in [7, 11) is -24.9. The van der Waals surface area contributed by atoms with Crippen LogP contribution in [0.25, 0.3) is 10.8 Å². The van der Waals surface area contributed by atoms with E-state index in [1.165, 1.54) is 48.5 Å². The summed E-state index contributed by atoms with van der Waals surface area (Å²) in [5.41, 5.74) is -1.47. The van der Waals surface area contributed by atoms with Crippen LogP contribution in [0.1, 0.15) is 0 Å². The molecule has 5 aromatic carbocycles. The Bertz CT molecular complexity index is 3440. The molecule has 0 unspecified atom stereocenters. The summed E-state index contributed by atoms with van der Waals surface area (Å²) in [6.07, 6.45) is 0. The van der Waals surface area contributed by atoms with Crippen molar-refractivity contribution in [2.24, 2.45) is 10.2 Å². The summed E-state index contributed by atoms with van der Waals surface area (Å²) in [6.45, 7) is -0.940. The van der Waals surface area contributed by atoms with Crippen LogP contribution in [0.15, 0.2) is 121 Å². The third-order valence-corrected chi connectivity index (χ3v) is 13.0. The summed E-state index contributed by atoms with van der Waals surface area (Å²) in [4.78, 5) is 8.93. The maximum atomic E-state index is 12.7. The van der Waals surface area contributed by atoms with Gasteiger partial charge in [0.2, 0.25) is 27.6 Å². The third kappa shape index (κ3) is 16.8. The molecule has 0 atom stereocenters. The number of hydrogen-bond acceptors (Lipinski definition) is 24. The summed E-state index contributed by atoms with van der Waals surface area (Å²) in [5, 5.41) is 26.2. The van der Waals surface area contributed by atoms with Gasteiger partial charge in [-0.15, -0.1) is 10.2 Å². The molecular formula is C33H23ClN8Na4O16S5. The van der Waals surface area contributed by atoms with Gasteiger partial charge in [0.05, 0.1) is 31.9 Å². The number of hydrogen-bond donors (Lipinski definition) is 4. The molecule has 0 radical (unpaired) electrons. The second-order valence-electron chi connectivity index (χ2n) is 12.5. The number of azo groups is 1. The van der Waals surface area contributed by atoms with Crippen molar-refractivity contribution in [3.63, 3.8) is 0 Å². The van der Waals surface area contributed by atoms with Gasteiger partial charge >= 0.3 is 118 Å². The molecule has 67 heavy (non-hydrogen) atoms. The van der Waals surface area contributed by atoms with E-state index in [4.69, 9.17) is 11.6 Å². The van der Waals surface area contributed by atoms with Crippen LogP contribution in [0.2, 0.25) is 5.28 Å². The van der Waals surface area contributed by atoms with E-state index >= 15 is 0 Å². The maximum Gasteiger partial charge on any atom is 1.00 e. The Morgan fingerprint density at radius 3 is 1.67 bits per heavy atom. The van der Waals surface area contributed by atoms with Crippen molar-refractivity contribution in [1.82, 2.24) is 15.0 Å². The van der Waals surface area contributed by atoms with Gasteiger partial charge in [-0.05, 0) is 89.8 Å². The monoisotopic (exact) mass is 1070 g/mol. The Labute approximate surface area is 475 Å². The standard InChI is InChI=1S/C33H27ClN8O16S5.4Na/c34-31-38-32(36-20-4-1-5-23(14-20)59(44,45)12-11-58-63(55,56)57)40-33(39-31)37-22-9-10-27(61(49,50)51)26(17-22)41-42-29-28(62(52,53)54)13-18-7-8-21(16-25(18)30(29)43)35-19-3-2-6-24(15-19)60(46,47)48;;;;/h1-10,13-17,35,43H,11-12H2,(H,46,47,48)(H,49,50,51)(H,52,53,54)(H,55,56,57)(H2,36,37,38,39,40);;;;/q;4*+1/p-4. The van der Waals surface area contributed by atoms with Crippen LogP contribution in [0.4, 0.5) is 46.0 Å². The number of fused-ring (bicyclic) bond motifs is 1. The average molecular weight is 1080 g/mol. The Hall–Kier alpha value is -1.99. The van der Waals surface area contributed by atoms with Gasteiger partial charge in [-0.1, -0.05) is 18.2 Å². The van der Waals surface area contributed by atoms with E-state index in [1.807, 2.05) is 0 Å². The van der Waals surface area contributed by atoms with E-state index in [9.17, 15) is 65.4 Å². The van der Waals surface area contributed by atoms with E-state index in [-0.39, 0.29) is 169 Å². The van der Waals surface area contributed by atoms with Crippen LogP contribution in [-0.2, 0) is 54.8 Å². The molecule has 6 rings (SSSR count). The van der Waals surface area contributed by atoms with Crippen molar-refractivity contribution in [1.29, 1.82) is 0 Å². The van der Waals surface area contributed by atoms with Gasteiger partial charge in [-0.2, -0.15) is 15.0 Å². The number of phenolic OH excluding ortho intramolecular Hbond substituents is 1. The van der Waals surface area contributed by atoms with Crippen molar-refractivity contribution >= 4 is 119 Å². The predicted octanol–water partition coefficient (Wildman–Crippen LogP) is -7.99. The molecule has 1 heterocycles. The quantitative estimate of drug-likeness (QED) is 0.0303. The first-order valence-electron chi connectivity index (χ1n) is 16.7. The van der Waals surface area contributed by atoms with Crippen molar-refractivity contribution in [2.45, 2.75) is 19.6 Å². The van der Waals surface area contributed by atoms with E-state index in [1.54, 1.807) is 0 Å². The molecule has 1 aromatic heterocycles. The van der Waals surface area contributed by atoms with Crippen LogP contribution in [0.3, 0.4) is 0 Å². The zero-order valence-corrected chi connectivity index (χ0v) is 47.6. The summed E-state index contributed by atoms with van der Waals surface area (Å²) < 4.78 is 170. The first-order valence-corrected chi connectivity index (χ1v) is 24.3. The fourth-order valence-corrected chi connectivity index (χ4v) is 8.88. The van der Waals surface area contributed by atoms with Gasteiger partial charge in [-0.3, -0.25) is 4.18 Å². The topological polar surface area (TPSA) is 392 Å². The number of aromatic nitrogens is 3. The van der Waals surface area contributed by atoms with Crippen LogP contribution >= 0.6 is 11.6 Å². The Morgan fingerprint density at radius 2 is 1.10 bits per heavy atom. The largest absolute Gasteiger partial charge is 1.00 e. The smallest absolute Gasteiger partial charge is 0.744 e. The molecule has 0 saturated heterocycles. The van der Waals surface area contributed by atoms with E-state index < -0.39 is 100 Å². The second-order valence-corrected chi connectivity index (χ2v) is 20.1. The van der Waals surface area contributed by atoms with E-state index in [0.717, 1.165) is 42.5 Å². The summed E-state index contributed by atoms with van der Waals surface area (Å²) >= 11 is 6.08. The van der Waals surface area contributed by atoms with Crippen molar-refractivity contribution in [2.75, 3.05) is 28.3 Å². The minimum Gasteiger partial charge on any atom is -0.744 e. The number of phenols is 1. The SMILES string of the molecule is O=S(=O)([O-])OCCS(=O)(=O)c1cccc(Nc2nc(Cl)nc(Nc3ccc(S(=O)(=O)[O-])c(N=Nc4c(S(=O)(=O)[O-])cc5ccc(Nc6cccc(S(=O)(=O)[O-])c6)cc5c4O)c3)n2)c1.[Na+].[Na+].[Na+].[Na+]. The first kappa shape index (κ1) is 61.1. The van der Waals surface area contributed by atoms with Crippen molar-refractivity contribution in [3.8, 4) is 5.75 Å². The zero-order valence-electron chi connectivity index (χ0n) is 34.8.